The van der Waals surface area contributed by atoms with E-state index in [1.54, 1.807) is 12.1 Å². The lowest BCUT2D eigenvalue weighted by molar-refractivity contribution is 0.475. The molecule has 3 heteroatoms. The van der Waals surface area contributed by atoms with Crippen LogP contribution in [0.4, 0.5) is 0 Å². The lowest BCUT2D eigenvalue weighted by Gasteiger charge is -2.05. The quantitative estimate of drug-likeness (QED) is 0.829. The molecule has 0 amide bonds. The van der Waals surface area contributed by atoms with Gasteiger partial charge in [0.15, 0.2) is 0 Å². The largest absolute Gasteiger partial charge is 0.508 e. The van der Waals surface area contributed by atoms with E-state index in [9.17, 15) is 5.11 Å². The van der Waals surface area contributed by atoms with E-state index in [4.69, 9.17) is 0 Å². The molecule has 0 aromatic heterocycles. The van der Waals surface area contributed by atoms with Crippen molar-refractivity contribution in [3.05, 3.63) is 64.1 Å². The van der Waals surface area contributed by atoms with Crippen LogP contribution in [0, 0.1) is 0 Å². The molecule has 2 nitrogen and oxygen atoms in total. The predicted octanol–water partition coefficient (Wildman–Crippen LogP) is 3.49. The molecule has 0 fully saturated rings. The SMILES string of the molecule is Oc1ccc(CCNCc2ccc(Br)cc2)cc1. The molecule has 0 aliphatic rings. The fourth-order valence-electron chi connectivity index (χ4n) is 1.73. The van der Waals surface area contributed by atoms with E-state index >= 15 is 0 Å². The van der Waals surface area contributed by atoms with Gasteiger partial charge in [-0.3, -0.25) is 0 Å². The van der Waals surface area contributed by atoms with Gasteiger partial charge in [0.05, 0.1) is 0 Å². The van der Waals surface area contributed by atoms with Crippen molar-refractivity contribution in [2.75, 3.05) is 6.54 Å². The molecule has 18 heavy (non-hydrogen) atoms. The summed E-state index contributed by atoms with van der Waals surface area (Å²) >= 11 is 3.42. The molecule has 0 bridgehead atoms. The van der Waals surface area contributed by atoms with Crippen LogP contribution in [0.2, 0.25) is 0 Å². The van der Waals surface area contributed by atoms with Crippen molar-refractivity contribution in [2.45, 2.75) is 13.0 Å². The zero-order valence-electron chi connectivity index (χ0n) is 10.1. The zero-order valence-corrected chi connectivity index (χ0v) is 11.7. The summed E-state index contributed by atoms with van der Waals surface area (Å²) in [7, 11) is 0. The van der Waals surface area contributed by atoms with Crippen LogP contribution in [0.5, 0.6) is 5.75 Å². The molecule has 0 radical (unpaired) electrons. The number of benzene rings is 2. The van der Waals surface area contributed by atoms with Gasteiger partial charge in [0, 0.05) is 11.0 Å². The maximum absolute atomic E-state index is 9.18. The third-order valence-corrected chi connectivity index (χ3v) is 3.30. The summed E-state index contributed by atoms with van der Waals surface area (Å²) in [6.07, 6.45) is 0.969. The van der Waals surface area contributed by atoms with Crippen LogP contribution in [0.1, 0.15) is 11.1 Å². The topological polar surface area (TPSA) is 32.3 Å². The number of phenolic OH excluding ortho intramolecular Hbond substituents is 1. The molecule has 0 saturated heterocycles. The summed E-state index contributed by atoms with van der Waals surface area (Å²) in [5.41, 5.74) is 2.51. The average molecular weight is 306 g/mol. The molecule has 0 unspecified atom stereocenters. The molecule has 2 aromatic carbocycles. The van der Waals surface area contributed by atoms with Crippen LogP contribution in [0.15, 0.2) is 53.0 Å². The summed E-state index contributed by atoms with van der Waals surface area (Å²) in [6.45, 7) is 1.81. The zero-order chi connectivity index (χ0) is 12.8. The van der Waals surface area contributed by atoms with Gasteiger partial charge in [-0.15, -0.1) is 0 Å². The van der Waals surface area contributed by atoms with Crippen LogP contribution < -0.4 is 5.32 Å². The Bertz CT molecular complexity index is 431. The third kappa shape index (κ3) is 4.17. The van der Waals surface area contributed by atoms with Crippen molar-refractivity contribution in [3.63, 3.8) is 0 Å². The summed E-state index contributed by atoms with van der Waals surface area (Å²) < 4.78 is 1.11. The first-order valence-corrected chi connectivity index (χ1v) is 6.76. The maximum atomic E-state index is 9.18. The number of aromatic hydroxyl groups is 1. The highest BCUT2D eigenvalue weighted by molar-refractivity contribution is 9.10. The highest BCUT2D eigenvalue weighted by Gasteiger charge is 1.95. The van der Waals surface area contributed by atoms with E-state index in [0.717, 1.165) is 24.0 Å². The Labute approximate surface area is 116 Å². The number of nitrogens with one attached hydrogen (secondary N) is 1. The van der Waals surface area contributed by atoms with E-state index in [1.165, 1.54) is 11.1 Å². The van der Waals surface area contributed by atoms with Crippen LogP contribution in [-0.2, 0) is 13.0 Å². The molecule has 0 atom stereocenters. The minimum atomic E-state index is 0.321. The Balaban J connectivity index is 1.73. The molecule has 2 N–H and O–H groups in total. The van der Waals surface area contributed by atoms with Crippen molar-refractivity contribution in [3.8, 4) is 5.75 Å². The summed E-state index contributed by atoms with van der Waals surface area (Å²) in [5.74, 6) is 0.321. The predicted molar refractivity (Wildman–Crippen MR) is 77.7 cm³/mol. The second-order valence-corrected chi connectivity index (χ2v) is 5.14. The van der Waals surface area contributed by atoms with E-state index in [0.29, 0.717) is 5.75 Å². The normalized spacial score (nSPS) is 10.5. The fraction of sp³-hybridized carbons (Fsp3) is 0.200. The molecular formula is C15H16BrNO. The monoisotopic (exact) mass is 305 g/mol. The number of rotatable bonds is 5. The first kappa shape index (κ1) is 13.1. The molecule has 0 spiro atoms. The Morgan fingerprint density at radius 1 is 0.889 bits per heavy atom. The second kappa shape index (κ2) is 6.57. The summed E-state index contributed by atoms with van der Waals surface area (Å²) in [4.78, 5) is 0. The lowest BCUT2D eigenvalue weighted by atomic mass is 10.1. The standard InChI is InChI=1S/C15H16BrNO/c16-14-5-1-13(2-6-14)11-17-10-9-12-3-7-15(18)8-4-12/h1-8,17-18H,9-11H2. The van der Waals surface area contributed by atoms with Crippen molar-refractivity contribution < 1.29 is 5.11 Å². The van der Waals surface area contributed by atoms with Crippen molar-refractivity contribution in [1.82, 2.24) is 5.32 Å². The van der Waals surface area contributed by atoms with Gasteiger partial charge in [-0.2, -0.15) is 0 Å². The van der Waals surface area contributed by atoms with Gasteiger partial charge in [-0.1, -0.05) is 40.2 Å². The smallest absolute Gasteiger partial charge is 0.115 e. The van der Waals surface area contributed by atoms with E-state index in [-0.39, 0.29) is 0 Å². The highest BCUT2D eigenvalue weighted by atomic mass is 79.9. The third-order valence-electron chi connectivity index (χ3n) is 2.77. The van der Waals surface area contributed by atoms with Crippen LogP contribution >= 0.6 is 15.9 Å². The first-order chi connectivity index (χ1) is 8.74. The van der Waals surface area contributed by atoms with Gasteiger partial charge < -0.3 is 10.4 Å². The molecule has 94 valence electrons. The molecular weight excluding hydrogens is 290 g/mol. The summed E-state index contributed by atoms with van der Waals surface area (Å²) in [6, 6.07) is 15.7. The van der Waals surface area contributed by atoms with Crippen LogP contribution in [-0.4, -0.2) is 11.7 Å². The number of phenols is 1. The Kier molecular flexibility index (Phi) is 4.79. The molecule has 2 aromatic rings. The van der Waals surface area contributed by atoms with Gasteiger partial charge in [0.1, 0.15) is 5.75 Å². The van der Waals surface area contributed by atoms with Gasteiger partial charge in [0.2, 0.25) is 0 Å². The molecule has 2 rings (SSSR count). The fourth-order valence-corrected chi connectivity index (χ4v) is 1.99. The molecule has 0 saturated carbocycles. The van der Waals surface area contributed by atoms with E-state index < -0.39 is 0 Å². The Morgan fingerprint density at radius 3 is 2.17 bits per heavy atom. The average Bonchev–Trinajstić information content (AvgIpc) is 2.39. The Morgan fingerprint density at radius 2 is 1.50 bits per heavy atom. The number of hydrogen-bond donors (Lipinski definition) is 2. The number of hydrogen-bond acceptors (Lipinski definition) is 2. The van der Waals surface area contributed by atoms with Gasteiger partial charge in [-0.25, -0.2) is 0 Å². The van der Waals surface area contributed by atoms with E-state index in [1.807, 2.05) is 12.1 Å². The minimum absolute atomic E-state index is 0.321. The molecule has 0 heterocycles. The van der Waals surface area contributed by atoms with E-state index in [2.05, 4.69) is 45.5 Å². The number of halogens is 1. The summed E-state index contributed by atoms with van der Waals surface area (Å²) in [5, 5.41) is 12.6. The highest BCUT2D eigenvalue weighted by Crippen LogP contribution is 2.11. The lowest BCUT2D eigenvalue weighted by Crippen LogP contribution is -2.16. The minimum Gasteiger partial charge on any atom is -0.508 e. The van der Waals surface area contributed by atoms with Crippen molar-refractivity contribution >= 4 is 15.9 Å². The van der Waals surface area contributed by atoms with Crippen molar-refractivity contribution in [1.29, 1.82) is 0 Å². The molecule has 0 aliphatic carbocycles. The van der Waals surface area contributed by atoms with Crippen LogP contribution in [0.25, 0.3) is 0 Å². The Hall–Kier alpha value is -1.32. The van der Waals surface area contributed by atoms with Crippen molar-refractivity contribution in [2.24, 2.45) is 0 Å². The van der Waals surface area contributed by atoms with Gasteiger partial charge >= 0.3 is 0 Å². The van der Waals surface area contributed by atoms with Gasteiger partial charge in [0.25, 0.3) is 0 Å². The molecule has 0 aliphatic heterocycles. The maximum Gasteiger partial charge on any atom is 0.115 e. The first-order valence-electron chi connectivity index (χ1n) is 5.97. The second-order valence-electron chi connectivity index (χ2n) is 4.22. The van der Waals surface area contributed by atoms with Gasteiger partial charge in [-0.05, 0) is 48.4 Å². The van der Waals surface area contributed by atoms with Crippen LogP contribution in [0.3, 0.4) is 0 Å².